The van der Waals surface area contributed by atoms with Gasteiger partial charge in [0, 0.05) is 34.8 Å². The Morgan fingerprint density at radius 2 is 1.37 bits per heavy atom. The second-order valence-electron chi connectivity index (χ2n) is 15.0. The van der Waals surface area contributed by atoms with E-state index in [2.05, 4.69) is 60.7 Å². The number of quaternary nitrogens is 1. The number of nitrogens with two attached hydrogens (primary N) is 2. The summed E-state index contributed by atoms with van der Waals surface area (Å²) in [5.74, 6) is -1.24. The summed E-state index contributed by atoms with van der Waals surface area (Å²) >= 11 is 6.41. The van der Waals surface area contributed by atoms with E-state index in [0.717, 1.165) is 23.9 Å². The fourth-order valence-electron chi connectivity index (χ4n) is 5.89. The summed E-state index contributed by atoms with van der Waals surface area (Å²) in [5.41, 5.74) is 11.6. The number of hydrogen-bond donors (Lipinski definition) is 8. The zero-order valence-corrected chi connectivity index (χ0v) is 40.3. The van der Waals surface area contributed by atoms with Gasteiger partial charge in [0.05, 0.1) is 55.5 Å². The number of benzene rings is 5. The third kappa shape index (κ3) is 13.9. The number of carbonyl (C=O) groups excluding carboxylic acids is 1. The second kappa shape index (κ2) is 21.9. The standard InChI is InChI=1S/C39H38ClN13O13S4/c1-53(2,3)27-13-10-23(11-14-27)44-38-46-37(40)47-39(48-38)45-25-12-15-31(69(58,59)60)29(20-25)50-51-30-21-32(70(61,62)63)34(42)35(33(30)41)52-49-26-8-4-6-22(18-26)36(54)43-24-7-5-9-28(19-24)68(56,57)17-16-64-67-66-65-55/h4-15,18-21H,16-17H2,1-3H3,(H9-,41,42,43,44,45,46,47,48,49,50,54,55,58,59,60,61,62,63)/p+1. The minimum absolute atomic E-state index is 0.00437. The molecule has 0 aliphatic carbocycles. The van der Waals surface area contributed by atoms with Crippen LogP contribution in [-0.2, 0) is 43.6 Å². The molecule has 0 aliphatic heterocycles. The Morgan fingerprint density at radius 3 is 2.03 bits per heavy atom. The molecule has 0 bridgehead atoms. The molecule has 1 aromatic heterocycles. The quantitative estimate of drug-likeness (QED) is 0.00530. The van der Waals surface area contributed by atoms with Gasteiger partial charge in [-0.1, -0.05) is 17.2 Å². The van der Waals surface area contributed by atoms with Crippen molar-refractivity contribution in [3.8, 4) is 0 Å². The van der Waals surface area contributed by atoms with Gasteiger partial charge in [0.1, 0.15) is 32.5 Å². The van der Waals surface area contributed by atoms with Crippen molar-refractivity contribution >= 4 is 129 Å². The summed E-state index contributed by atoms with van der Waals surface area (Å²) in [6, 6.07) is 22.4. The van der Waals surface area contributed by atoms with Crippen molar-refractivity contribution in [2.45, 2.75) is 14.7 Å². The van der Waals surface area contributed by atoms with E-state index in [1.54, 1.807) is 0 Å². The maximum atomic E-state index is 13.3. The number of aromatic nitrogens is 3. The maximum absolute atomic E-state index is 13.3. The summed E-state index contributed by atoms with van der Waals surface area (Å²) in [4.78, 5) is 23.9. The molecule has 5 aromatic carbocycles. The Kier molecular flexibility index (Phi) is 16.4. The highest BCUT2D eigenvalue weighted by Gasteiger charge is 2.24. The number of sulfone groups is 1. The molecule has 6 rings (SSSR count). The monoisotopic (exact) mass is 1060 g/mol. The van der Waals surface area contributed by atoms with Crippen LogP contribution in [0.25, 0.3) is 0 Å². The lowest BCUT2D eigenvalue weighted by atomic mass is 10.2. The van der Waals surface area contributed by atoms with Crippen molar-refractivity contribution in [1.29, 1.82) is 0 Å². The number of nitrogens with zero attached hydrogens (tertiary/aromatic N) is 8. The van der Waals surface area contributed by atoms with E-state index in [0.29, 0.717) is 10.2 Å². The zero-order valence-electron chi connectivity index (χ0n) is 36.3. The summed E-state index contributed by atoms with van der Waals surface area (Å²) < 4.78 is 105. The third-order valence-electron chi connectivity index (χ3n) is 9.23. The number of nitrogen functional groups attached to an aromatic ring is 2. The first-order chi connectivity index (χ1) is 32.9. The van der Waals surface area contributed by atoms with Gasteiger partial charge >= 0.3 is 0 Å². The maximum Gasteiger partial charge on any atom is 0.296 e. The average Bonchev–Trinajstić information content (AvgIpc) is 3.27. The minimum Gasteiger partial charge on any atom is -0.396 e. The van der Waals surface area contributed by atoms with Crippen LogP contribution in [0.2, 0.25) is 5.28 Å². The predicted octanol–water partition coefficient (Wildman–Crippen LogP) is 7.72. The van der Waals surface area contributed by atoms with E-state index < -0.39 is 80.0 Å². The SMILES string of the molecule is C[N+](C)(C)c1ccc(Nc2nc(Cl)nc(Nc3ccc(S(=O)(=O)O)c(N=Nc4cc(S(=O)(=O)O)c(N)c(N=Nc5cccc(C(=O)Nc6cccc(S(=O)(=O)CCOSOOO)c6)c5)c4N)c3)n2)cc1. The highest BCUT2D eigenvalue weighted by atomic mass is 35.5. The number of amides is 1. The van der Waals surface area contributed by atoms with Crippen LogP contribution in [0.1, 0.15) is 10.4 Å². The van der Waals surface area contributed by atoms with E-state index in [-0.39, 0.29) is 63.6 Å². The zero-order chi connectivity index (χ0) is 51.0. The highest BCUT2D eigenvalue weighted by Crippen LogP contribution is 2.43. The lowest BCUT2D eigenvalue weighted by Gasteiger charge is -2.23. The van der Waals surface area contributed by atoms with Gasteiger partial charge in [0.2, 0.25) is 17.2 Å². The Bertz CT molecular complexity index is 3350. The van der Waals surface area contributed by atoms with Crippen LogP contribution in [-0.4, -0.2) is 94.0 Å². The Morgan fingerprint density at radius 1 is 0.729 bits per heavy atom. The summed E-state index contributed by atoms with van der Waals surface area (Å²) in [5, 5.41) is 35.6. The van der Waals surface area contributed by atoms with Gasteiger partial charge in [-0.05, 0) is 84.4 Å². The molecular formula is C39H39ClN13O13S4+. The number of hydrogen-bond acceptors (Lipinski definition) is 23. The van der Waals surface area contributed by atoms with Gasteiger partial charge in [0.25, 0.3) is 26.1 Å². The van der Waals surface area contributed by atoms with Crippen LogP contribution in [0.5, 0.6) is 0 Å². The summed E-state index contributed by atoms with van der Waals surface area (Å²) in [7, 11) is -7.95. The lowest BCUT2D eigenvalue weighted by molar-refractivity contribution is -0.434. The molecule has 1 amide bonds. The molecule has 70 heavy (non-hydrogen) atoms. The van der Waals surface area contributed by atoms with Gasteiger partial charge in [-0.25, -0.2) is 13.7 Å². The van der Waals surface area contributed by atoms with E-state index >= 15 is 0 Å². The van der Waals surface area contributed by atoms with Crippen LogP contribution in [0.15, 0.2) is 132 Å². The molecule has 26 nitrogen and oxygen atoms in total. The molecule has 0 saturated carbocycles. The van der Waals surface area contributed by atoms with Gasteiger partial charge < -0.3 is 27.4 Å². The van der Waals surface area contributed by atoms with Crippen molar-refractivity contribution < 1.29 is 58.0 Å². The van der Waals surface area contributed by atoms with Crippen molar-refractivity contribution in [3.63, 3.8) is 0 Å². The number of azo groups is 2. The molecule has 368 valence electrons. The summed E-state index contributed by atoms with van der Waals surface area (Å²) in [6.07, 6.45) is 0. The van der Waals surface area contributed by atoms with Gasteiger partial charge in [-0.2, -0.15) is 36.9 Å². The second-order valence-corrected chi connectivity index (χ2v) is 20.8. The van der Waals surface area contributed by atoms with E-state index in [4.69, 9.17) is 32.5 Å². The largest absolute Gasteiger partial charge is 0.396 e. The number of anilines is 7. The lowest BCUT2D eigenvalue weighted by Crippen LogP contribution is -2.34. The molecule has 0 spiro atoms. The van der Waals surface area contributed by atoms with Crippen LogP contribution in [0.4, 0.5) is 68.8 Å². The topological polar surface area (TPSA) is 384 Å². The molecule has 31 heteroatoms. The molecule has 0 radical (unpaired) electrons. The Hall–Kier alpha value is -6.81. The fourth-order valence-corrected chi connectivity index (χ4v) is 8.74. The minimum atomic E-state index is -5.12. The molecule has 0 aliphatic rings. The number of carbonyl (C=O) groups is 1. The van der Waals surface area contributed by atoms with Crippen molar-refractivity contribution in [2.24, 2.45) is 20.5 Å². The molecule has 6 aromatic rings. The van der Waals surface area contributed by atoms with Crippen molar-refractivity contribution in [2.75, 3.05) is 60.9 Å². The molecular weight excluding hydrogens is 1020 g/mol. The third-order valence-corrected chi connectivity index (χ3v) is 13.2. The van der Waals surface area contributed by atoms with Gasteiger partial charge in [-0.15, -0.1) is 19.7 Å². The Balaban J connectivity index is 1.25. The average molecular weight is 1060 g/mol. The first-order valence-electron chi connectivity index (χ1n) is 19.4. The molecule has 0 fully saturated rings. The molecule has 0 saturated heterocycles. The molecule has 0 unspecified atom stereocenters. The van der Waals surface area contributed by atoms with Crippen LogP contribution < -0.4 is 31.9 Å². The number of rotatable bonds is 20. The van der Waals surface area contributed by atoms with Crippen LogP contribution in [0.3, 0.4) is 0 Å². The first-order valence-corrected chi connectivity index (χ1v) is 25.0. The number of nitrogens with one attached hydrogen (secondary N) is 3. The van der Waals surface area contributed by atoms with E-state index in [9.17, 15) is 39.2 Å². The van der Waals surface area contributed by atoms with E-state index in [1.807, 2.05) is 45.4 Å². The van der Waals surface area contributed by atoms with Gasteiger partial charge in [0.15, 0.2) is 22.2 Å². The van der Waals surface area contributed by atoms with Crippen molar-refractivity contribution in [3.05, 3.63) is 108 Å². The summed E-state index contributed by atoms with van der Waals surface area (Å²) in [6.45, 7) is -0.336. The van der Waals surface area contributed by atoms with Crippen LogP contribution in [0, 0.1) is 0 Å². The number of halogens is 1. The normalized spacial score (nSPS) is 12.4. The smallest absolute Gasteiger partial charge is 0.296 e. The molecule has 0 atom stereocenters. The fraction of sp³-hybridized carbons (Fsp3) is 0.128. The highest BCUT2D eigenvalue weighted by molar-refractivity contribution is 7.91. The predicted molar refractivity (Wildman–Crippen MR) is 258 cm³/mol. The molecule has 10 N–H and O–H groups in total. The van der Waals surface area contributed by atoms with Crippen LogP contribution >= 0.6 is 23.9 Å². The first kappa shape index (κ1) is 52.6. The van der Waals surface area contributed by atoms with Crippen molar-refractivity contribution in [1.82, 2.24) is 19.4 Å². The van der Waals surface area contributed by atoms with Gasteiger partial charge in [-0.3, -0.25) is 22.6 Å². The van der Waals surface area contributed by atoms with E-state index in [1.165, 1.54) is 54.6 Å². The molecule has 1 heterocycles. The Labute approximate surface area is 408 Å².